The minimum Gasteiger partial charge on any atom is -0.395 e. The predicted octanol–water partition coefficient (Wildman–Crippen LogP) is 2.16. The van der Waals surface area contributed by atoms with Crippen LogP contribution < -0.4 is 5.32 Å². The molecule has 0 aliphatic carbocycles. The molecule has 2 aromatic rings. The van der Waals surface area contributed by atoms with Crippen molar-refractivity contribution in [2.24, 2.45) is 0 Å². The van der Waals surface area contributed by atoms with Crippen LogP contribution in [-0.4, -0.2) is 10.9 Å². The van der Waals surface area contributed by atoms with Gasteiger partial charge >= 0.3 is 6.03 Å². The number of nitrogens with two attached hydrogens (primary N) is 1. The second-order valence-corrected chi connectivity index (χ2v) is 4.37. The number of carbonyl (C=O) groups excluding carboxylic acids is 1. The standard InChI is InChI=1S/C16H18N2O/c1-17-16(19)18(12-14-8-4-2-5-9-14)13-15-10-6-3-7-11-15/h2-11H,1,12-13,17H2. The van der Waals surface area contributed by atoms with Crippen LogP contribution in [0.5, 0.6) is 0 Å². The fourth-order valence-corrected chi connectivity index (χ4v) is 1.95. The first kappa shape index (κ1) is 13.3. The summed E-state index contributed by atoms with van der Waals surface area (Å²) in [6, 6.07) is 19.9. The van der Waals surface area contributed by atoms with E-state index in [1.165, 1.54) is 5.32 Å². The molecule has 2 amide bonds. The Labute approximate surface area is 113 Å². The summed E-state index contributed by atoms with van der Waals surface area (Å²) in [5, 5.41) is 1.37. The van der Waals surface area contributed by atoms with Gasteiger partial charge in [-0.25, -0.2) is 4.79 Å². The molecule has 0 aliphatic rings. The number of rotatable bonds is 4. The Balaban J connectivity index is 2.10. The van der Waals surface area contributed by atoms with Crippen LogP contribution in [0.4, 0.5) is 4.79 Å². The molecule has 0 saturated heterocycles. The van der Waals surface area contributed by atoms with Crippen molar-refractivity contribution in [2.75, 3.05) is 0 Å². The fourth-order valence-electron chi connectivity index (χ4n) is 1.95. The molecule has 3 nitrogen and oxygen atoms in total. The summed E-state index contributed by atoms with van der Waals surface area (Å²) in [6.07, 6.45) is 0. The van der Waals surface area contributed by atoms with Crippen LogP contribution in [0.15, 0.2) is 60.7 Å². The van der Waals surface area contributed by atoms with Crippen LogP contribution in [0.3, 0.4) is 0 Å². The van der Waals surface area contributed by atoms with Gasteiger partial charge in [0, 0.05) is 0 Å². The van der Waals surface area contributed by atoms with E-state index in [4.69, 9.17) is 0 Å². The molecule has 0 radical (unpaired) electrons. The topological polar surface area (TPSA) is 36.9 Å². The zero-order chi connectivity index (χ0) is 13.5. The van der Waals surface area contributed by atoms with E-state index in [0.29, 0.717) is 13.1 Å². The first-order chi connectivity index (χ1) is 9.29. The normalized spacial score (nSPS) is 10.2. The summed E-state index contributed by atoms with van der Waals surface area (Å²) < 4.78 is 0. The number of hydrogen-bond donors (Lipinski definition) is 1. The lowest BCUT2D eigenvalue weighted by atomic mass is 10.2. The average Bonchev–Trinajstić information content (AvgIpc) is 2.48. The molecule has 0 fully saturated rings. The molecule has 2 N–H and O–H groups in total. The maximum absolute atomic E-state index is 11.9. The largest absolute Gasteiger partial charge is 0.395 e. The SMILES string of the molecule is [CH2-][NH2+]C(=O)N(Cc1ccccc1)Cc1ccccc1. The zero-order valence-electron chi connectivity index (χ0n) is 10.8. The third kappa shape index (κ3) is 3.93. The van der Waals surface area contributed by atoms with Gasteiger partial charge in [0.05, 0.1) is 13.1 Å². The molecule has 0 saturated carbocycles. The highest BCUT2D eigenvalue weighted by molar-refractivity contribution is 5.63. The Morgan fingerprint density at radius 1 is 0.895 bits per heavy atom. The molecule has 98 valence electrons. The maximum Gasteiger partial charge on any atom is 0.390 e. The van der Waals surface area contributed by atoms with Crippen LogP contribution in [-0.2, 0) is 13.1 Å². The summed E-state index contributed by atoms with van der Waals surface area (Å²) in [5.41, 5.74) is 2.24. The summed E-state index contributed by atoms with van der Waals surface area (Å²) in [5.74, 6) is 0. The summed E-state index contributed by atoms with van der Waals surface area (Å²) in [7, 11) is 3.57. The van der Waals surface area contributed by atoms with E-state index in [1.54, 1.807) is 4.90 Å². The Morgan fingerprint density at radius 3 is 1.68 bits per heavy atom. The van der Waals surface area contributed by atoms with Crippen LogP contribution in [0, 0.1) is 7.05 Å². The number of nitrogens with zero attached hydrogens (tertiary/aromatic N) is 1. The van der Waals surface area contributed by atoms with E-state index in [9.17, 15) is 4.79 Å². The molecule has 0 unspecified atom stereocenters. The molecule has 0 heterocycles. The van der Waals surface area contributed by atoms with Gasteiger partial charge in [0.2, 0.25) is 0 Å². The molecule has 0 aliphatic heterocycles. The van der Waals surface area contributed by atoms with E-state index in [0.717, 1.165) is 11.1 Å². The Hall–Kier alpha value is -2.13. The van der Waals surface area contributed by atoms with Gasteiger partial charge in [-0.05, 0) is 11.1 Å². The van der Waals surface area contributed by atoms with Crippen molar-refractivity contribution in [3.8, 4) is 0 Å². The number of amides is 2. The minimum atomic E-state index is -0.0484. The smallest absolute Gasteiger partial charge is 0.390 e. The Bertz CT molecular complexity index is 469. The Kier molecular flexibility index (Phi) is 4.70. The van der Waals surface area contributed by atoms with Crippen LogP contribution in [0.1, 0.15) is 11.1 Å². The third-order valence-corrected chi connectivity index (χ3v) is 2.92. The maximum atomic E-state index is 11.9. The highest BCUT2D eigenvalue weighted by Crippen LogP contribution is 2.09. The second kappa shape index (κ2) is 6.71. The van der Waals surface area contributed by atoms with Gasteiger partial charge < -0.3 is 5.32 Å². The lowest BCUT2D eigenvalue weighted by Gasteiger charge is -2.21. The van der Waals surface area contributed by atoms with Gasteiger partial charge in [-0.2, -0.15) is 0 Å². The van der Waals surface area contributed by atoms with E-state index >= 15 is 0 Å². The van der Waals surface area contributed by atoms with Crippen LogP contribution in [0.2, 0.25) is 0 Å². The van der Waals surface area contributed by atoms with Gasteiger partial charge in [-0.15, -0.1) is 7.05 Å². The number of primary amides is 1. The quantitative estimate of drug-likeness (QED) is 0.834. The number of urea groups is 1. The molecule has 2 aromatic carbocycles. The van der Waals surface area contributed by atoms with Crippen molar-refractivity contribution in [1.29, 1.82) is 0 Å². The highest BCUT2D eigenvalue weighted by Gasteiger charge is 2.14. The molecular weight excluding hydrogens is 236 g/mol. The van der Waals surface area contributed by atoms with Gasteiger partial charge in [0.25, 0.3) is 0 Å². The predicted molar refractivity (Wildman–Crippen MR) is 74.8 cm³/mol. The van der Waals surface area contributed by atoms with Crippen molar-refractivity contribution in [3.05, 3.63) is 78.8 Å². The average molecular weight is 254 g/mol. The van der Waals surface area contributed by atoms with Crippen molar-refractivity contribution < 1.29 is 10.1 Å². The van der Waals surface area contributed by atoms with Crippen LogP contribution >= 0.6 is 0 Å². The van der Waals surface area contributed by atoms with E-state index in [-0.39, 0.29) is 6.03 Å². The molecule has 19 heavy (non-hydrogen) atoms. The van der Waals surface area contributed by atoms with Crippen molar-refractivity contribution in [1.82, 2.24) is 4.90 Å². The summed E-state index contributed by atoms with van der Waals surface area (Å²) in [4.78, 5) is 13.7. The first-order valence-electron chi connectivity index (χ1n) is 6.29. The van der Waals surface area contributed by atoms with Gasteiger partial charge in [0.1, 0.15) is 0 Å². The second-order valence-electron chi connectivity index (χ2n) is 4.37. The number of carbonyl (C=O) groups is 1. The zero-order valence-corrected chi connectivity index (χ0v) is 10.8. The summed E-state index contributed by atoms with van der Waals surface area (Å²) >= 11 is 0. The van der Waals surface area contributed by atoms with Crippen molar-refractivity contribution in [2.45, 2.75) is 13.1 Å². The molecule has 0 aromatic heterocycles. The highest BCUT2D eigenvalue weighted by atomic mass is 16.2. The lowest BCUT2D eigenvalue weighted by Crippen LogP contribution is -2.84. The fraction of sp³-hybridized carbons (Fsp3) is 0.125. The molecule has 2 rings (SSSR count). The van der Waals surface area contributed by atoms with E-state index in [2.05, 4.69) is 7.05 Å². The molecule has 0 bridgehead atoms. The number of quaternary nitrogens is 1. The number of hydrogen-bond acceptors (Lipinski definition) is 1. The van der Waals surface area contributed by atoms with E-state index in [1.807, 2.05) is 60.7 Å². The monoisotopic (exact) mass is 254 g/mol. The Morgan fingerprint density at radius 2 is 1.32 bits per heavy atom. The van der Waals surface area contributed by atoms with Crippen molar-refractivity contribution in [3.63, 3.8) is 0 Å². The third-order valence-electron chi connectivity index (χ3n) is 2.92. The molecular formula is C16H18N2O. The molecule has 3 heteroatoms. The number of benzene rings is 2. The van der Waals surface area contributed by atoms with Crippen LogP contribution in [0.25, 0.3) is 0 Å². The first-order valence-corrected chi connectivity index (χ1v) is 6.29. The lowest BCUT2D eigenvalue weighted by molar-refractivity contribution is -0.498. The van der Waals surface area contributed by atoms with Gasteiger partial charge in [0.15, 0.2) is 0 Å². The van der Waals surface area contributed by atoms with Crippen molar-refractivity contribution >= 4 is 6.03 Å². The molecule has 0 spiro atoms. The molecule has 0 atom stereocenters. The van der Waals surface area contributed by atoms with Gasteiger partial charge in [-0.3, -0.25) is 4.90 Å². The van der Waals surface area contributed by atoms with E-state index < -0.39 is 0 Å². The summed E-state index contributed by atoms with van der Waals surface area (Å²) in [6.45, 7) is 1.20. The van der Waals surface area contributed by atoms with Gasteiger partial charge in [-0.1, -0.05) is 60.7 Å². The minimum absolute atomic E-state index is 0.0484.